The smallest absolute Gasteiger partial charge is 0.116 e. The van der Waals surface area contributed by atoms with Gasteiger partial charge in [-0.05, 0) is 94.3 Å². The molecular formula is C33H28N4S. The molecule has 6 rings (SSSR count). The van der Waals surface area contributed by atoms with E-state index in [4.69, 9.17) is 5.10 Å². The van der Waals surface area contributed by atoms with E-state index in [1.807, 2.05) is 25.4 Å². The maximum atomic E-state index is 4.70. The number of hydrogen-bond donors (Lipinski definition) is 2. The molecule has 38 heavy (non-hydrogen) atoms. The van der Waals surface area contributed by atoms with Crippen molar-refractivity contribution < 1.29 is 0 Å². The molecule has 0 saturated heterocycles. The van der Waals surface area contributed by atoms with Crippen LogP contribution in [0, 0.1) is 0 Å². The van der Waals surface area contributed by atoms with Crippen LogP contribution in [0.1, 0.15) is 23.6 Å². The molecule has 0 atom stereocenters. The highest BCUT2D eigenvalue weighted by atomic mass is 32.1. The highest BCUT2D eigenvalue weighted by Gasteiger charge is 2.13. The monoisotopic (exact) mass is 512 g/mol. The minimum absolute atomic E-state index is 0.875. The highest BCUT2D eigenvalue weighted by molar-refractivity contribution is 7.08. The number of rotatable bonds is 7. The molecule has 0 fully saturated rings. The lowest BCUT2D eigenvalue weighted by Crippen LogP contribution is -2.23. The molecular weight excluding hydrogens is 484 g/mol. The van der Waals surface area contributed by atoms with Crippen molar-refractivity contribution in [1.82, 2.24) is 20.2 Å². The highest BCUT2D eigenvalue weighted by Crippen LogP contribution is 2.32. The molecule has 0 aliphatic rings. The lowest BCUT2D eigenvalue weighted by Gasteiger charge is -2.05. The fourth-order valence-corrected chi connectivity index (χ4v) is 5.53. The first kappa shape index (κ1) is 23.9. The SMILES string of the molecule is C=C(/C=c1/c(-c2cc3c(-c4ccsc4)cccc3[nH]2)n[nH]/c1=C/C)c1cncc(CCc2ccccc2)c1. The molecule has 4 aromatic heterocycles. The average Bonchev–Trinajstić information content (AvgIpc) is 3.72. The van der Waals surface area contributed by atoms with Crippen LogP contribution in [0.25, 0.3) is 51.1 Å². The summed E-state index contributed by atoms with van der Waals surface area (Å²) in [5.74, 6) is 0. The Morgan fingerprint density at radius 3 is 2.66 bits per heavy atom. The third kappa shape index (κ3) is 4.76. The van der Waals surface area contributed by atoms with E-state index < -0.39 is 0 Å². The van der Waals surface area contributed by atoms with E-state index >= 15 is 0 Å². The summed E-state index contributed by atoms with van der Waals surface area (Å²) in [4.78, 5) is 8.11. The van der Waals surface area contributed by atoms with Gasteiger partial charge in [-0.1, -0.05) is 55.1 Å². The predicted molar refractivity (Wildman–Crippen MR) is 160 cm³/mol. The molecule has 6 aromatic rings. The standard InChI is InChI=1S/C33H28N4S/c1-3-30-29(16-22(2)26-17-24(19-34-20-26)13-12-23-8-5-4-6-9-23)33(37-36-30)32-18-28-27(25-14-15-38-21-25)10-7-11-31(28)35-32/h3-11,14-21,35-36H,2,12-13H2,1H3/b29-16+,30-3+. The lowest BCUT2D eigenvalue weighted by molar-refractivity contribution is 0.949. The van der Waals surface area contributed by atoms with Gasteiger partial charge in [-0.2, -0.15) is 16.4 Å². The normalized spacial score (nSPS) is 12.4. The first-order valence-electron chi connectivity index (χ1n) is 12.7. The summed E-state index contributed by atoms with van der Waals surface area (Å²) in [6, 6.07) is 23.5. The van der Waals surface area contributed by atoms with E-state index in [0.717, 1.165) is 51.5 Å². The number of hydrogen-bond acceptors (Lipinski definition) is 3. The van der Waals surface area contributed by atoms with Gasteiger partial charge >= 0.3 is 0 Å². The minimum atomic E-state index is 0.875. The quantitative estimate of drug-likeness (QED) is 0.248. The molecule has 4 nitrogen and oxygen atoms in total. The summed E-state index contributed by atoms with van der Waals surface area (Å²) in [5, 5.41) is 15.4. The second-order valence-corrected chi connectivity index (χ2v) is 10.2. The number of pyridine rings is 1. The molecule has 0 unspecified atom stereocenters. The molecule has 0 radical (unpaired) electrons. The van der Waals surface area contributed by atoms with Crippen molar-refractivity contribution in [3.63, 3.8) is 0 Å². The van der Waals surface area contributed by atoms with Gasteiger partial charge in [0.05, 0.1) is 11.0 Å². The number of nitrogens with one attached hydrogen (secondary N) is 2. The summed E-state index contributed by atoms with van der Waals surface area (Å²) in [5.41, 5.74) is 9.84. The van der Waals surface area contributed by atoms with Crippen LogP contribution in [-0.4, -0.2) is 20.2 Å². The van der Waals surface area contributed by atoms with E-state index in [-0.39, 0.29) is 0 Å². The molecule has 4 heterocycles. The number of aryl methyl sites for hydroxylation is 2. The molecule has 0 saturated carbocycles. The van der Waals surface area contributed by atoms with E-state index in [1.54, 1.807) is 11.3 Å². The Kier molecular flexibility index (Phi) is 6.59. The molecule has 2 N–H and O–H groups in total. The average molecular weight is 513 g/mol. The molecule has 0 aliphatic carbocycles. The van der Waals surface area contributed by atoms with Crippen molar-refractivity contribution in [2.75, 3.05) is 0 Å². The Morgan fingerprint density at radius 1 is 0.974 bits per heavy atom. The molecule has 0 bridgehead atoms. The third-order valence-electron chi connectivity index (χ3n) is 6.90. The molecule has 0 spiro atoms. The van der Waals surface area contributed by atoms with Crippen LogP contribution in [0.3, 0.4) is 0 Å². The third-order valence-corrected chi connectivity index (χ3v) is 7.59. The minimum Gasteiger partial charge on any atom is -0.353 e. The van der Waals surface area contributed by atoms with Gasteiger partial charge in [0.1, 0.15) is 5.69 Å². The number of H-pyrrole nitrogens is 2. The van der Waals surface area contributed by atoms with Crippen LogP contribution in [0.2, 0.25) is 0 Å². The van der Waals surface area contributed by atoms with Crippen LogP contribution >= 0.6 is 11.3 Å². The van der Waals surface area contributed by atoms with Crippen LogP contribution in [0.4, 0.5) is 0 Å². The van der Waals surface area contributed by atoms with Crippen molar-refractivity contribution >= 4 is 40.0 Å². The van der Waals surface area contributed by atoms with Crippen molar-refractivity contribution in [2.24, 2.45) is 0 Å². The van der Waals surface area contributed by atoms with Gasteiger partial charge in [0, 0.05) is 28.5 Å². The van der Waals surface area contributed by atoms with Crippen molar-refractivity contribution in [2.45, 2.75) is 19.8 Å². The van der Waals surface area contributed by atoms with Gasteiger partial charge in [0.2, 0.25) is 0 Å². The van der Waals surface area contributed by atoms with Crippen LogP contribution in [-0.2, 0) is 12.8 Å². The van der Waals surface area contributed by atoms with E-state index in [2.05, 4.69) is 105 Å². The zero-order valence-corrected chi connectivity index (χ0v) is 22.1. The van der Waals surface area contributed by atoms with Gasteiger partial charge in [0.25, 0.3) is 0 Å². The lowest BCUT2D eigenvalue weighted by atomic mass is 10.0. The van der Waals surface area contributed by atoms with Crippen LogP contribution in [0.15, 0.2) is 96.5 Å². The van der Waals surface area contributed by atoms with Gasteiger partial charge in [-0.3, -0.25) is 10.1 Å². The van der Waals surface area contributed by atoms with Crippen LogP contribution in [0.5, 0.6) is 0 Å². The Labute approximate surface area is 225 Å². The van der Waals surface area contributed by atoms with Gasteiger partial charge in [0.15, 0.2) is 0 Å². The number of nitrogens with zero attached hydrogens (tertiary/aromatic N) is 2. The fourth-order valence-electron chi connectivity index (χ4n) is 4.88. The van der Waals surface area contributed by atoms with Gasteiger partial charge < -0.3 is 4.98 Å². The molecule has 5 heteroatoms. The number of fused-ring (bicyclic) bond motifs is 1. The summed E-state index contributed by atoms with van der Waals surface area (Å²) in [6.45, 7) is 6.42. The van der Waals surface area contributed by atoms with Crippen molar-refractivity contribution in [3.05, 3.63) is 124 Å². The Morgan fingerprint density at radius 2 is 1.84 bits per heavy atom. The Hall–Kier alpha value is -4.48. The second kappa shape index (κ2) is 10.5. The first-order chi connectivity index (χ1) is 18.7. The topological polar surface area (TPSA) is 57.4 Å². The largest absolute Gasteiger partial charge is 0.353 e. The maximum Gasteiger partial charge on any atom is 0.116 e. The van der Waals surface area contributed by atoms with Crippen molar-refractivity contribution in [1.29, 1.82) is 0 Å². The summed E-state index contributed by atoms with van der Waals surface area (Å²) in [7, 11) is 0. The molecule has 0 aliphatic heterocycles. The van der Waals surface area contributed by atoms with Crippen LogP contribution < -0.4 is 10.6 Å². The molecule has 0 amide bonds. The molecule has 2 aromatic carbocycles. The molecule has 186 valence electrons. The zero-order valence-electron chi connectivity index (χ0n) is 21.2. The Bertz CT molecular complexity index is 1840. The van der Waals surface area contributed by atoms with Gasteiger partial charge in [-0.25, -0.2) is 0 Å². The number of benzene rings is 2. The number of thiophene rings is 1. The summed E-state index contributed by atoms with van der Waals surface area (Å²) < 4.78 is 0. The Balaban J connectivity index is 1.35. The second-order valence-electron chi connectivity index (χ2n) is 9.39. The maximum absolute atomic E-state index is 4.70. The number of aromatic nitrogens is 4. The van der Waals surface area contributed by atoms with Crippen molar-refractivity contribution in [3.8, 4) is 22.5 Å². The zero-order chi connectivity index (χ0) is 25.9. The van der Waals surface area contributed by atoms with E-state index in [0.29, 0.717) is 0 Å². The van der Waals surface area contributed by atoms with Gasteiger partial charge in [-0.15, -0.1) is 0 Å². The summed E-state index contributed by atoms with van der Waals surface area (Å²) >= 11 is 1.71. The number of aromatic amines is 2. The first-order valence-corrected chi connectivity index (χ1v) is 13.7. The van der Waals surface area contributed by atoms with E-state index in [9.17, 15) is 0 Å². The predicted octanol–water partition coefficient (Wildman–Crippen LogP) is 6.76. The summed E-state index contributed by atoms with van der Waals surface area (Å²) in [6.07, 6.45) is 9.90. The van der Waals surface area contributed by atoms with E-state index in [1.165, 1.54) is 27.6 Å². The fraction of sp³-hybridized carbons (Fsp3) is 0.0909. The number of allylic oxidation sites excluding steroid dienone is 1.